The van der Waals surface area contributed by atoms with E-state index >= 15 is 0 Å². The van der Waals surface area contributed by atoms with Crippen molar-refractivity contribution in [2.24, 2.45) is 0 Å². The van der Waals surface area contributed by atoms with Crippen molar-refractivity contribution < 1.29 is 41.7 Å². The van der Waals surface area contributed by atoms with Gasteiger partial charge in [0, 0.05) is 11.8 Å². The lowest BCUT2D eigenvalue weighted by molar-refractivity contribution is -0.274. The van der Waals surface area contributed by atoms with Crippen molar-refractivity contribution in [3.8, 4) is 5.75 Å². The fourth-order valence-corrected chi connectivity index (χ4v) is 2.60. The van der Waals surface area contributed by atoms with Crippen molar-refractivity contribution in [1.29, 1.82) is 0 Å². The van der Waals surface area contributed by atoms with Gasteiger partial charge in [-0.2, -0.15) is 0 Å². The highest BCUT2D eigenvalue weighted by molar-refractivity contribution is 6.43. The Morgan fingerprint density at radius 1 is 1.15 bits per heavy atom. The Kier molecular flexibility index (Phi) is 6.45. The summed E-state index contributed by atoms with van der Waals surface area (Å²) in [5.74, 6) is -2.59. The number of benzene rings is 1. The summed E-state index contributed by atoms with van der Waals surface area (Å²) < 4.78 is 56.1. The fourth-order valence-electron chi connectivity index (χ4n) is 2.25. The lowest BCUT2D eigenvalue weighted by atomic mass is 10.1. The number of esters is 2. The largest absolute Gasteiger partial charge is 0.573 e. The predicted octanol–water partition coefficient (Wildman–Crippen LogP) is 3.29. The van der Waals surface area contributed by atoms with Gasteiger partial charge in [0.1, 0.15) is 17.5 Å². The fraction of sp³-hybridized carbons (Fsp3) is 0.333. The molecule has 7 nitrogen and oxygen atoms in total. The van der Waals surface area contributed by atoms with Crippen LogP contribution in [0.2, 0.25) is 10.0 Å². The minimum Gasteiger partial charge on any atom is -0.466 e. The van der Waals surface area contributed by atoms with E-state index in [1.807, 2.05) is 0 Å². The molecule has 1 aromatic carbocycles. The van der Waals surface area contributed by atoms with E-state index < -0.39 is 29.1 Å². The zero-order valence-electron chi connectivity index (χ0n) is 13.9. The quantitative estimate of drug-likeness (QED) is 0.679. The first-order valence-corrected chi connectivity index (χ1v) is 7.84. The summed E-state index contributed by atoms with van der Waals surface area (Å²) >= 11 is 11.6. The first-order valence-electron chi connectivity index (χ1n) is 7.09. The lowest BCUT2D eigenvalue weighted by Crippen LogP contribution is -2.38. The Balaban J connectivity index is 2.60. The molecule has 1 aromatic rings. The minimum absolute atomic E-state index is 0.0508. The van der Waals surface area contributed by atoms with E-state index in [2.05, 4.69) is 14.2 Å². The smallest absolute Gasteiger partial charge is 0.466 e. The Morgan fingerprint density at radius 2 is 1.78 bits per heavy atom. The number of ether oxygens (including phenoxy) is 4. The second-order valence-corrected chi connectivity index (χ2v) is 5.79. The van der Waals surface area contributed by atoms with Gasteiger partial charge in [-0.15, -0.1) is 13.2 Å². The summed E-state index contributed by atoms with van der Waals surface area (Å²) in [5, 5.41) is -0.754. The predicted molar refractivity (Wildman–Crippen MR) is 87.5 cm³/mol. The van der Waals surface area contributed by atoms with Crippen LogP contribution < -0.4 is 9.64 Å². The van der Waals surface area contributed by atoms with Crippen molar-refractivity contribution >= 4 is 40.8 Å². The van der Waals surface area contributed by atoms with Gasteiger partial charge in [-0.3, -0.25) is 0 Å². The molecule has 0 saturated heterocycles. The number of methoxy groups -OCH3 is 2. The average molecular weight is 430 g/mol. The first kappa shape index (κ1) is 21.1. The molecule has 148 valence electrons. The van der Waals surface area contributed by atoms with Crippen molar-refractivity contribution in [2.45, 2.75) is 6.36 Å². The third-order valence-corrected chi connectivity index (χ3v) is 4.13. The second-order valence-electron chi connectivity index (χ2n) is 5.00. The first-order chi connectivity index (χ1) is 12.6. The van der Waals surface area contributed by atoms with E-state index in [1.165, 1.54) is 6.07 Å². The molecule has 0 amide bonds. The van der Waals surface area contributed by atoms with Crippen LogP contribution in [0.3, 0.4) is 0 Å². The number of halogens is 5. The third-order valence-electron chi connectivity index (χ3n) is 3.35. The van der Waals surface area contributed by atoms with E-state index in [1.54, 1.807) is 0 Å². The lowest BCUT2D eigenvalue weighted by Gasteiger charge is -2.31. The summed E-state index contributed by atoms with van der Waals surface area (Å²) in [6.07, 6.45) is -5.03. The van der Waals surface area contributed by atoms with Crippen LogP contribution in [0.15, 0.2) is 23.4 Å². The molecular formula is C15H12Cl2F3NO6. The number of alkyl halides is 3. The van der Waals surface area contributed by atoms with Gasteiger partial charge in [0.25, 0.3) is 0 Å². The Morgan fingerprint density at radius 3 is 2.33 bits per heavy atom. The summed E-state index contributed by atoms with van der Waals surface area (Å²) in [5.41, 5.74) is -0.503. The maximum atomic E-state index is 12.6. The normalized spacial score (nSPS) is 14.9. The Bertz CT molecular complexity index is 796. The maximum Gasteiger partial charge on any atom is 0.573 e. The molecule has 27 heavy (non-hydrogen) atoms. The molecule has 2 rings (SSSR count). The molecule has 0 unspecified atom stereocenters. The van der Waals surface area contributed by atoms with Gasteiger partial charge in [0.05, 0.1) is 31.4 Å². The number of hydrogen-bond donors (Lipinski definition) is 0. The van der Waals surface area contributed by atoms with Crippen LogP contribution in [0.4, 0.5) is 18.9 Å². The molecule has 0 aromatic heterocycles. The number of rotatable bonds is 4. The van der Waals surface area contributed by atoms with Gasteiger partial charge in [0.15, 0.2) is 5.75 Å². The van der Waals surface area contributed by atoms with Gasteiger partial charge in [-0.05, 0) is 6.07 Å². The van der Waals surface area contributed by atoms with Gasteiger partial charge < -0.3 is 23.8 Å². The Hall–Kier alpha value is -2.17. The molecule has 0 fully saturated rings. The minimum atomic E-state index is -5.03. The molecular weight excluding hydrogens is 418 g/mol. The molecule has 0 spiro atoms. The van der Waals surface area contributed by atoms with E-state index in [9.17, 15) is 22.8 Å². The average Bonchev–Trinajstić information content (AvgIpc) is 2.62. The molecule has 0 radical (unpaired) electrons. The highest BCUT2D eigenvalue weighted by Crippen LogP contribution is 2.40. The number of nitrogens with zero attached hydrogens (tertiary/aromatic N) is 1. The summed E-state index contributed by atoms with van der Waals surface area (Å²) in [4.78, 5) is 25.2. The van der Waals surface area contributed by atoms with Crippen molar-refractivity contribution in [2.75, 3.05) is 32.5 Å². The van der Waals surface area contributed by atoms with Crippen molar-refractivity contribution in [3.05, 3.63) is 33.4 Å². The number of anilines is 1. The van der Waals surface area contributed by atoms with Gasteiger partial charge in [-0.1, -0.05) is 23.2 Å². The molecule has 0 saturated carbocycles. The van der Waals surface area contributed by atoms with Crippen molar-refractivity contribution in [1.82, 2.24) is 0 Å². The zero-order chi connectivity index (χ0) is 20.4. The molecule has 0 N–H and O–H groups in total. The van der Waals surface area contributed by atoms with E-state index in [0.29, 0.717) is 0 Å². The summed E-state index contributed by atoms with van der Waals surface area (Å²) in [6.45, 7) is -0.546. The molecule has 0 atom stereocenters. The second kappa shape index (κ2) is 8.24. The maximum absolute atomic E-state index is 12.6. The van der Waals surface area contributed by atoms with Crippen LogP contribution in [-0.4, -0.2) is 45.9 Å². The summed E-state index contributed by atoms with van der Waals surface area (Å²) in [7, 11) is 2.17. The van der Waals surface area contributed by atoms with Crippen LogP contribution in [0.1, 0.15) is 0 Å². The van der Waals surface area contributed by atoms with Crippen LogP contribution >= 0.6 is 23.2 Å². The number of carbonyl (C=O) groups excluding carboxylic acids is 2. The summed E-state index contributed by atoms with van der Waals surface area (Å²) in [6, 6.07) is 2.08. The highest BCUT2D eigenvalue weighted by Gasteiger charge is 2.35. The van der Waals surface area contributed by atoms with Gasteiger partial charge in [-0.25, -0.2) is 9.59 Å². The third kappa shape index (κ3) is 4.76. The molecule has 0 aliphatic carbocycles. The molecule has 0 bridgehead atoms. The SMILES string of the molecule is COC(=O)C1=C(C(=O)OC)N(c2cc(Cl)c(Cl)c(OC(F)(F)F)c2)COC1. The highest BCUT2D eigenvalue weighted by atomic mass is 35.5. The number of carbonyl (C=O) groups is 2. The van der Waals surface area contributed by atoms with Crippen LogP contribution in [0, 0.1) is 0 Å². The van der Waals surface area contributed by atoms with Crippen LogP contribution in [0.25, 0.3) is 0 Å². The standard InChI is InChI=1S/C15H12Cl2F3NO6/c1-24-13(22)8-5-26-6-21(12(8)14(23)25-2)7-3-9(16)11(17)10(4-7)27-15(18,19)20/h3-4H,5-6H2,1-2H3. The van der Waals surface area contributed by atoms with E-state index in [0.717, 1.165) is 25.2 Å². The van der Waals surface area contributed by atoms with Gasteiger partial charge in [0.2, 0.25) is 0 Å². The topological polar surface area (TPSA) is 74.3 Å². The van der Waals surface area contributed by atoms with Crippen molar-refractivity contribution in [3.63, 3.8) is 0 Å². The Labute approximate surface area is 161 Å². The molecule has 1 aliphatic heterocycles. The molecule has 12 heteroatoms. The van der Waals surface area contributed by atoms with Gasteiger partial charge >= 0.3 is 18.3 Å². The molecule has 1 heterocycles. The number of hydrogen-bond acceptors (Lipinski definition) is 7. The van der Waals surface area contributed by atoms with Crippen LogP contribution in [0.5, 0.6) is 5.75 Å². The zero-order valence-corrected chi connectivity index (χ0v) is 15.4. The van der Waals surface area contributed by atoms with Crippen LogP contribution in [-0.2, 0) is 23.8 Å². The monoisotopic (exact) mass is 429 g/mol. The molecule has 1 aliphatic rings. The van der Waals surface area contributed by atoms with E-state index in [4.69, 9.17) is 27.9 Å². The van der Waals surface area contributed by atoms with E-state index in [-0.39, 0.29) is 35.3 Å².